The Morgan fingerprint density at radius 1 is 1.33 bits per heavy atom. The minimum Gasteiger partial charge on any atom is -0.472 e. The number of hydrogen-bond donors (Lipinski definition) is 0. The van der Waals surface area contributed by atoms with Crippen LogP contribution in [0.25, 0.3) is 0 Å². The van der Waals surface area contributed by atoms with Crippen molar-refractivity contribution in [1.29, 1.82) is 0 Å². The van der Waals surface area contributed by atoms with Gasteiger partial charge in [0.05, 0.1) is 5.44 Å². The van der Waals surface area contributed by atoms with Gasteiger partial charge in [-0.2, -0.15) is 0 Å². The molecular formula is C9H14NOP. The second-order valence-electron chi connectivity index (χ2n) is 3.62. The number of rotatable bonds is 1. The van der Waals surface area contributed by atoms with E-state index in [0.717, 1.165) is 5.44 Å². The SMILES string of the molecule is CC(C)(C)Oc1cccc(P)n1. The van der Waals surface area contributed by atoms with Crippen molar-refractivity contribution in [3.63, 3.8) is 0 Å². The van der Waals surface area contributed by atoms with E-state index >= 15 is 0 Å². The summed E-state index contributed by atoms with van der Waals surface area (Å²) in [6.07, 6.45) is 0. The Hall–Kier alpha value is -0.620. The Morgan fingerprint density at radius 3 is 2.50 bits per heavy atom. The normalized spacial score (nSPS) is 11.3. The molecule has 0 fully saturated rings. The average Bonchev–Trinajstić information content (AvgIpc) is 1.82. The quantitative estimate of drug-likeness (QED) is 0.619. The molecule has 66 valence electrons. The number of aromatic nitrogens is 1. The highest BCUT2D eigenvalue weighted by atomic mass is 31.0. The Morgan fingerprint density at radius 2 is 2.00 bits per heavy atom. The average molecular weight is 183 g/mol. The van der Waals surface area contributed by atoms with Gasteiger partial charge in [0.15, 0.2) is 0 Å². The van der Waals surface area contributed by atoms with Crippen molar-refractivity contribution in [2.45, 2.75) is 26.4 Å². The summed E-state index contributed by atoms with van der Waals surface area (Å²) >= 11 is 0. The maximum absolute atomic E-state index is 5.56. The topological polar surface area (TPSA) is 22.1 Å². The Kier molecular flexibility index (Phi) is 2.69. The highest BCUT2D eigenvalue weighted by Gasteiger charge is 2.11. The maximum atomic E-state index is 5.56. The number of pyridine rings is 1. The second kappa shape index (κ2) is 3.40. The maximum Gasteiger partial charge on any atom is 0.214 e. The van der Waals surface area contributed by atoms with Gasteiger partial charge >= 0.3 is 0 Å². The molecule has 1 rings (SSSR count). The standard InChI is InChI=1S/C9H14NOP/c1-9(2,3)11-7-5-4-6-8(12)10-7/h4-6H,12H2,1-3H3. The lowest BCUT2D eigenvalue weighted by molar-refractivity contribution is 0.124. The van der Waals surface area contributed by atoms with E-state index in [1.165, 1.54) is 0 Å². The second-order valence-corrected chi connectivity index (χ2v) is 4.21. The van der Waals surface area contributed by atoms with E-state index in [-0.39, 0.29) is 5.60 Å². The third-order valence-corrected chi connectivity index (χ3v) is 1.48. The monoisotopic (exact) mass is 183 g/mol. The smallest absolute Gasteiger partial charge is 0.214 e. The fraction of sp³-hybridized carbons (Fsp3) is 0.444. The van der Waals surface area contributed by atoms with Gasteiger partial charge in [-0.25, -0.2) is 4.98 Å². The van der Waals surface area contributed by atoms with Gasteiger partial charge in [-0.15, -0.1) is 0 Å². The molecule has 1 aromatic rings. The minimum absolute atomic E-state index is 0.175. The van der Waals surface area contributed by atoms with E-state index in [4.69, 9.17) is 4.74 Å². The molecule has 1 atom stereocenters. The first kappa shape index (κ1) is 9.47. The largest absolute Gasteiger partial charge is 0.472 e. The van der Waals surface area contributed by atoms with E-state index in [1.807, 2.05) is 39.0 Å². The Balaban J connectivity index is 2.77. The molecule has 2 nitrogen and oxygen atoms in total. The van der Waals surface area contributed by atoms with Crippen LogP contribution in [0.1, 0.15) is 20.8 Å². The van der Waals surface area contributed by atoms with Crippen LogP contribution in [0, 0.1) is 0 Å². The molecular weight excluding hydrogens is 169 g/mol. The third kappa shape index (κ3) is 3.19. The van der Waals surface area contributed by atoms with Gasteiger partial charge in [-0.05, 0) is 26.8 Å². The molecule has 0 aliphatic heterocycles. The van der Waals surface area contributed by atoms with Crippen molar-refractivity contribution in [2.24, 2.45) is 0 Å². The van der Waals surface area contributed by atoms with Crippen LogP contribution >= 0.6 is 9.24 Å². The van der Waals surface area contributed by atoms with Crippen LogP contribution < -0.4 is 10.2 Å². The summed E-state index contributed by atoms with van der Waals surface area (Å²) in [6.45, 7) is 6.01. The third-order valence-electron chi connectivity index (χ3n) is 1.16. The summed E-state index contributed by atoms with van der Waals surface area (Å²) in [5.74, 6) is 0.676. The van der Waals surface area contributed by atoms with E-state index in [2.05, 4.69) is 14.2 Å². The van der Waals surface area contributed by atoms with Crippen molar-refractivity contribution >= 4 is 14.7 Å². The molecule has 1 aromatic heterocycles. The molecule has 0 aliphatic rings. The van der Waals surface area contributed by atoms with Gasteiger partial charge < -0.3 is 4.74 Å². The number of ether oxygens (including phenoxy) is 1. The molecule has 0 saturated carbocycles. The molecule has 3 heteroatoms. The first-order valence-corrected chi connectivity index (χ1v) is 4.47. The lowest BCUT2D eigenvalue weighted by atomic mass is 10.2. The first-order valence-electron chi connectivity index (χ1n) is 3.89. The van der Waals surface area contributed by atoms with Crippen LogP contribution in [0.5, 0.6) is 5.88 Å². The molecule has 0 N–H and O–H groups in total. The fourth-order valence-electron chi connectivity index (χ4n) is 0.801. The van der Waals surface area contributed by atoms with Crippen molar-refractivity contribution in [3.8, 4) is 5.88 Å². The zero-order valence-electron chi connectivity index (χ0n) is 7.66. The summed E-state index contributed by atoms with van der Waals surface area (Å²) in [4.78, 5) is 4.20. The van der Waals surface area contributed by atoms with Gasteiger partial charge in [0, 0.05) is 6.07 Å². The highest BCUT2D eigenvalue weighted by Crippen LogP contribution is 2.13. The lowest BCUT2D eigenvalue weighted by Crippen LogP contribution is -2.24. The molecule has 0 saturated heterocycles. The van der Waals surface area contributed by atoms with E-state index in [1.54, 1.807) is 0 Å². The van der Waals surface area contributed by atoms with Crippen LogP contribution in [0.15, 0.2) is 18.2 Å². The van der Waals surface area contributed by atoms with Crippen molar-refractivity contribution in [2.75, 3.05) is 0 Å². The minimum atomic E-state index is -0.175. The number of hydrogen-bond acceptors (Lipinski definition) is 2. The predicted octanol–water partition coefficient (Wildman–Crippen LogP) is 1.76. The molecule has 0 aliphatic carbocycles. The fourth-order valence-corrected chi connectivity index (χ4v) is 1.04. The number of nitrogens with zero attached hydrogens (tertiary/aromatic N) is 1. The zero-order valence-corrected chi connectivity index (χ0v) is 8.82. The molecule has 0 amide bonds. The van der Waals surface area contributed by atoms with E-state index < -0.39 is 0 Å². The van der Waals surface area contributed by atoms with E-state index in [9.17, 15) is 0 Å². The Labute approximate surface area is 75.6 Å². The molecule has 0 spiro atoms. The predicted molar refractivity (Wildman–Crippen MR) is 54.0 cm³/mol. The van der Waals surface area contributed by atoms with Crippen molar-refractivity contribution < 1.29 is 4.74 Å². The Bertz CT molecular complexity index is 267. The molecule has 0 aromatic carbocycles. The van der Waals surface area contributed by atoms with Crippen LogP contribution in [0.2, 0.25) is 0 Å². The summed E-state index contributed by atoms with van der Waals surface area (Å²) in [5, 5.41) is 0. The van der Waals surface area contributed by atoms with Gasteiger partial charge in [0.2, 0.25) is 5.88 Å². The summed E-state index contributed by atoms with van der Waals surface area (Å²) in [5.41, 5.74) is 0.725. The van der Waals surface area contributed by atoms with Crippen LogP contribution in [-0.4, -0.2) is 10.6 Å². The van der Waals surface area contributed by atoms with Gasteiger partial charge in [-0.3, -0.25) is 0 Å². The van der Waals surface area contributed by atoms with Crippen molar-refractivity contribution in [3.05, 3.63) is 18.2 Å². The first-order chi connectivity index (χ1) is 5.47. The van der Waals surface area contributed by atoms with Gasteiger partial charge in [0.1, 0.15) is 5.60 Å². The van der Waals surface area contributed by atoms with Crippen LogP contribution in [0.3, 0.4) is 0 Å². The molecule has 0 radical (unpaired) electrons. The molecule has 0 bridgehead atoms. The van der Waals surface area contributed by atoms with Crippen LogP contribution in [0.4, 0.5) is 0 Å². The van der Waals surface area contributed by atoms with Gasteiger partial charge in [0.25, 0.3) is 0 Å². The molecule has 1 unspecified atom stereocenters. The van der Waals surface area contributed by atoms with Crippen LogP contribution in [-0.2, 0) is 0 Å². The summed E-state index contributed by atoms with van der Waals surface area (Å²) in [7, 11) is 2.54. The summed E-state index contributed by atoms with van der Waals surface area (Å²) in [6, 6.07) is 5.70. The summed E-state index contributed by atoms with van der Waals surface area (Å²) < 4.78 is 5.56. The molecule has 1 heterocycles. The van der Waals surface area contributed by atoms with Crippen molar-refractivity contribution in [1.82, 2.24) is 4.98 Å². The van der Waals surface area contributed by atoms with Gasteiger partial charge in [-0.1, -0.05) is 15.3 Å². The lowest BCUT2D eigenvalue weighted by Gasteiger charge is -2.20. The molecule has 12 heavy (non-hydrogen) atoms. The van der Waals surface area contributed by atoms with E-state index in [0.29, 0.717) is 5.88 Å². The zero-order chi connectivity index (χ0) is 9.19. The highest BCUT2D eigenvalue weighted by molar-refractivity contribution is 7.26.